The van der Waals surface area contributed by atoms with Crippen LogP contribution in [0.15, 0.2) is 48.5 Å². The SMILES string of the molecule is CC(C)(NC(=O)OCC1c2ccccc2-c2ccccc21)C(=O)NC1(C)CCCCC1C(=O)O. The molecular formula is C27H32N2O5. The van der Waals surface area contributed by atoms with Gasteiger partial charge in [-0.3, -0.25) is 9.59 Å². The van der Waals surface area contributed by atoms with Gasteiger partial charge in [-0.1, -0.05) is 61.4 Å². The third kappa shape index (κ3) is 4.52. The maximum atomic E-state index is 13.1. The number of ether oxygens (including phenoxy) is 1. The molecule has 4 rings (SSSR count). The van der Waals surface area contributed by atoms with Gasteiger partial charge in [0.1, 0.15) is 12.1 Å². The lowest BCUT2D eigenvalue weighted by Gasteiger charge is -2.41. The molecule has 0 aromatic heterocycles. The van der Waals surface area contributed by atoms with Crippen LogP contribution in [0.25, 0.3) is 11.1 Å². The summed E-state index contributed by atoms with van der Waals surface area (Å²) in [5.74, 6) is -2.08. The van der Waals surface area contributed by atoms with Crippen LogP contribution in [-0.4, -0.2) is 40.8 Å². The summed E-state index contributed by atoms with van der Waals surface area (Å²) in [5, 5.41) is 15.2. The zero-order valence-corrected chi connectivity index (χ0v) is 19.9. The fourth-order valence-corrected chi connectivity index (χ4v) is 5.24. The minimum atomic E-state index is -1.27. The van der Waals surface area contributed by atoms with Crippen molar-refractivity contribution in [2.75, 3.05) is 6.61 Å². The first kappa shape index (κ1) is 23.8. The number of nitrogens with one attached hydrogen (secondary N) is 2. The van der Waals surface area contributed by atoms with Crippen molar-refractivity contribution in [1.82, 2.24) is 10.6 Å². The van der Waals surface area contributed by atoms with E-state index in [1.54, 1.807) is 20.8 Å². The normalized spacial score (nSPS) is 21.8. The lowest BCUT2D eigenvalue weighted by molar-refractivity contribution is -0.147. The van der Waals surface area contributed by atoms with Gasteiger partial charge in [0.15, 0.2) is 0 Å². The molecule has 0 spiro atoms. The van der Waals surface area contributed by atoms with Crippen molar-refractivity contribution in [3.63, 3.8) is 0 Å². The Morgan fingerprint density at radius 1 is 1.03 bits per heavy atom. The van der Waals surface area contributed by atoms with E-state index in [1.165, 1.54) is 0 Å². The van der Waals surface area contributed by atoms with E-state index in [1.807, 2.05) is 36.4 Å². The monoisotopic (exact) mass is 464 g/mol. The number of alkyl carbamates (subject to hydrolysis) is 1. The molecule has 2 aromatic carbocycles. The average molecular weight is 465 g/mol. The highest BCUT2D eigenvalue weighted by Gasteiger charge is 2.44. The third-order valence-electron chi connectivity index (χ3n) is 7.23. The van der Waals surface area contributed by atoms with Gasteiger partial charge in [-0.25, -0.2) is 4.79 Å². The summed E-state index contributed by atoms with van der Waals surface area (Å²) in [6.45, 7) is 5.10. The predicted molar refractivity (Wildman–Crippen MR) is 128 cm³/mol. The predicted octanol–water partition coefficient (Wildman–Crippen LogP) is 4.45. The molecule has 2 aliphatic rings. The van der Waals surface area contributed by atoms with Crippen LogP contribution in [-0.2, 0) is 14.3 Å². The molecule has 2 atom stereocenters. The highest BCUT2D eigenvalue weighted by atomic mass is 16.5. The standard InChI is InChI=1S/C27H32N2O5/c1-26(2,24(32)28-27(3)15-9-8-14-22(27)23(30)31)29-25(33)34-16-21-19-12-6-4-10-17(19)18-11-5-7-13-20(18)21/h4-7,10-13,21-22H,8-9,14-16H2,1-3H3,(H,28,32)(H,29,33)(H,30,31). The molecule has 1 fully saturated rings. The van der Waals surface area contributed by atoms with Gasteiger partial charge in [0.2, 0.25) is 5.91 Å². The molecule has 2 aliphatic carbocycles. The number of carbonyl (C=O) groups excluding carboxylic acids is 2. The van der Waals surface area contributed by atoms with Gasteiger partial charge in [-0.05, 0) is 55.9 Å². The Hall–Kier alpha value is -3.35. The van der Waals surface area contributed by atoms with Crippen LogP contribution in [0, 0.1) is 5.92 Å². The van der Waals surface area contributed by atoms with Gasteiger partial charge in [0, 0.05) is 5.92 Å². The lowest BCUT2D eigenvalue weighted by Crippen LogP contribution is -2.63. The molecule has 1 saturated carbocycles. The number of carboxylic acid groups (broad SMARTS) is 1. The molecular weight excluding hydrogens is 432 g/mol. The average Bonchev–Trinajstić information content (AvgIpc) is 3.11. The number of hydrogen-bond acceptors (Lipinski definition) is 4. The zero-order chi connectivity index (χ0) is 24.5. The molecule has 7 heteroatoms. The zero-order valence-electron chi connectivity index (χ0n) is 19.9. The van der Waals surface area contributed by atoms with Crippen LogP contribution in [0.2, 0.25) is 0 Å². The molecule has 2 unspecified atom stereocenters. The minimum absolute atomic E-state index is 0.0763. The number of aliphatic carboxylic acids is 1. The smallest absolute Gasteiger partial charge is 0.408 e. The number of fused-ring (bicyclic) bond motifs is 3. The first-order valence-electron chi connectivity index (χ1n) is 11.8. The van der Waals surface area contributed by atoms with Crippen molar-refractivity contribution in [3.05, 3.63) is 59.7 Å². The second-order valence-corrected chi connectivity index (χ2v) is 10.1. The van der Waals surface area contributed by atoms with Gasteiger partial charge in [-0.15, -0.1) is 0 Å². The molecule has 2 amide bonds. The van der Waals surface area contributed by atoms with E-state index in [-0.39, 0.29) is 12.5 Å². The molecule has 2 aromatic rings. The maximum Gasteiger partial charge on any atom is 0.408 e. The van der Waals surface area contributed by atoms with Crippen LogP contribution in [0.4, 0.5) is 4.79 Å². The van der Waals surface area contributed by atoms with Gasteiger partial charge >= 0.3 is 12.1 Å². The Labute approximate surface area is 199 Å². The van der Waals surface area contributed by atoms with E-state index in [4.69, 9.17) is 4.74 Å². The van der Waals surface area contributed by atoms with Gasteiger partial charge < -0.3 is 20.5 Å². The Morgan fingerprint density at radius 2 is 1.62 bits per heavy atom. The highest BCUT2D eigenvalue weighted by Crippen LogP contribution is 2.44. The summed E-state index contributed by atoms with van der Waals surface area (Å²) in [5.41, 5.74) is 2.37. The molecule has 0 bridgehead atoms. The summed E-state index contributed by atoms with van der Waals surface area (Å²) < 4.78 is 5.58. The summed E-state index contributed by atoms with van der Waals surface area (Å²) in [7, 11) is 0. The summed E-state index contributed by atoms with van der Waals surface area (Å²) >= 11 is 0. The number of amides is 2. The number of carboxylic acids is 1. The second kappa shape index (κ2) is 9.12. The van der Waals surface area contributed by atoms with Crippen molar-refractivity contribution in [3.8, 4) is 11.1 Å². The molecule has 3 N–H and O–H groups in total. The Kier molecular flexibility index (Phi) is 6.39. The summed E-state index contributed by atoms with van der Waals surface area (Å²) in [4.78, 5) is 37.5. The van der Waals surface area contributed by atoms with E-state index < -0.39 is 35.0 Å². The summed E-state index contributed by atoms with van der Waals surface area (Å²) in [6, 6.07) is 16.2. The van der Waals surface area contributed by atoms with Crippen molar-refractivity contribution in [2.45, 2.75) is 63.5 Å². The Balaban J connectivity index is 1.40. The number of hydrogen-bond donors (Lipinski definition) is 3. The molecule has 0 radical (unpaired) electrons. The molecule has 0 heterocycles. The molecule has 0 saturated heterocycles. The van der Waals surface area contributed by atoms with Crippen LogP contribution in [0.1, 0.15) is 63.5 Å². The van der Waals surface area contributed by atoms with E-state index in [9.17, 15) is 19.5 Å². The largest absolute Gasteiger partial charge is 0.481 e. The van der Waals surface area contributed by atoms with Gasteiger partial charge in [0.05, 0.1) is 11.5 Å². The van der Waals surface area contributed by atoms with Crippen molar-refractivity contribution >= 4 is 18.0 Å². The van der Waals surface area contributed by atoms with E-state index in [0.29, 0.717) is 12.8 Å². The maximum absolute atomic E-state index is 13.1. The fourth-order valence-electron chi connectivity index (χ4n) is 5.24. The lowest BCUT2D eigenvalue weighted by atomic mass is 9.73. The van der Waals surface area contributed by atoms with Gasteiger partial charge in [0.25, 0.3) is 0 Å². The van der Waals surface area contributed by atoms with Crippen molar-refractivity contribution < 1.29 is 24.2 Å². The Morgan fingerprint density at radius 3 is 2.21 bits per heavy atom. The van der Waals surface area contributed by atoms with Crippen LogP contribution in [0.5, 0.6) is 0 Å². The van der Waals surface area contributed by atoms with Crippen LogP contribution in [0.3, 0.4) is 0 Å². The molecule has 0 aliphatic heterocycles. The van der Waals surface area contributed by atoms with Crippen LogP contribution >= 0.6 is 0 Å². The minimum Gasteiger partial charge on any atom is -0.481 e. The second-order valence-electron chi connectivity index (χ2n) is 10.1. The molecule has 180 valence electrons. The van der Waals surface area contributed by atoms with Crippen molar-refractivity contribution in [1.29, 1.82) is 0 Å². The first-order chi connectivity index (χ1) is 16.1. The van der Waals surface area contributed by atoms with E-state index in [0.717, 1.165) is 35.1 Å². The van der Waals surface area contributed by atoms with Crippen molar-refractivity contribution in [2.24, 2.45) is 5.92 Å². The van der Waals surface area contributed by atoms with E-state index in [2.05, 4.69) is 22.8 Å². The number of benzene rings is 2. The number of carbonyl (C=O) groups is 3. The third-order valence-corrected chi connectivity index (χ3v) is 7.23. The number of rotatable bonds is 6. The highest BCUT2D eigenvalue weighted by molar-refractivity contribution is 5.90. The first-order valence-corrected chi connectivity index (χ1v) is 11.8. The fraction of sp³-hybridized carbons (Fsp3) is 0.444. The van der Waals surface area contributed by atoms with Crippen LogP contribution < -0.4 is 10.6 Å². The quantitative estimate of drug-likeness (QED) is 0.586. The summed E-state index contributed by atoms with van der Waals surface area (Å²) in [6.07, 6.45) is 2.08. The Bertz CT molecular complexity index is 1070. The topological polar surface area (TPSA) is 105 Å². The molecule has 34 heavy (non-hydrogen) atoms. The van der Waals surface area contributed by atoms with Gasteiger partial charge in [-0.2, -0.15) is 0 Å². The molecule has 7 nitrogen and oxygen atoms in total. The van der Waals surface area contributed by atoms with E-state index >= 15 is 0 Å².